The van der Waals surface area contributed by atoms with E-state index in [1.54, 1.807) is 11.3 Å². The van der Waals surface area contributed by atoms with Crippen molar-refractivity contribution in [2.24, 2.45) is 5.84 Å². The first-order valence-corrected chi connectivity index (χ1v) is 4.41. The molecule has 0 aliphatic carbocycles. The Morgan fingerprint density at radius 1 is 1.55 bits per heavy atom. The third kappa shape index (κ3) is 3.18. The van der Waals surface area contributed by atoms with E-state index in [0.29, 0.717) is 6.67 Å². The maximum absolute atomic E-state index is 5.72. The summed E-state index contributed by atoms with van der Waals surface area (Å²) < 4.78 is 0.822. The van der Waals surface area contributed by atoms with Crippen LogP contribution in [0.5, 0.6) is 0 Å². The predicted octanol–water partition coefficient (Wildman–Crippen LogP) is 0.912. The molecule has 4 N–H and O–H groups in total. The second-order valence-electron chi connectivity index (χ2n) is 2.01. The lowest BCUT2D eigenvalue weighted by atomic mass is 10.5. The van der Waals surface area contributed by atoms with Gasteiger partial charge in [0.15, 0.2) is 0 Å². The van der Waals surface area contributed by atoms with Crippen molar-refractivity contribution in [3.63, 3.8) is 0 Å². The molecular formula is C6H10ClN3S. The molecule has 0 atom stereocenters. The van der Waals surface area contributed by atoms with Gasteiger partial charge in [0.05, 0.1) is 11.0 Å². The van der Waals surface area contributed by atoms with Gasteiger partial charge < -0.3 is 0 Å². The van der Waals surface area contributed by atoms with E-state index < -0.39 is 0 Å². The minimum atomic E-state index is 0.607. The van der Waals surface area contributed by atoms with Gasteiger partial charge in [-0.3, -0.25) is 11.2 Å². The Balaban J connectivity index is 2.27. The van der Waals surface area contributed by atoms with Gasteiger partial charge in [-0.25, -0.2) is 5.43 Å². The van der Waals surface area contributed by atoms with Crippen molar-refractivity contribution in [1.82, 2.24) is 10.7 Å². The number of halogens is 1. The standard InChI is InChI=1S/C6H10ClN3S/c7-6-2-1-5(11-6)3-9-4-10-8/h1-2,9-10H,3-4,8H2. The summed E-state index contributed by atoms with van der Waals surface area (Å²) in [7, 11) is 0. The number of nitrogens with one attached hydrogen (secondary N) is 2. The van der Waals surface area contributed by atoms with E-state index >= 15 is 0 Å². The molecule has 0 fully saturated rings. The fourth-order valence-corrected chi connectivity index (χ4v) is 1.76. The van der Waals surface area contributed by atoms with Crippen LogP contribution < -0.4 is 16.6 Å². The fraction of sp³-hybridized carbons (Fsp3) is 0.333. The van der Waals surface area contributed by atoms with Crippen molar-refractivity contribution >= 4 is 22.9 Å². The van der Waals surface area contributed by atoms with E-state index in [4.69, 9.17) is 17.4 Å². The zero-order valence-corrected chi connectivity index (χ0v) is 7.50. The van der Waals surface area contributed by atoms with Gasteiger partial charge in [-0.05, 0) is 12.1 Å². The minimum absolute atomic E-state index is 0.607. The van der Waals surface area contributed by atoms with Crippen LogP contribution in [0.4, 0.5) is 0 Å². The summed E-state index contributed by atoms with van der Waals surface area (Å²) >= 11 is 7.30. The molecule has 1 aromatic rings. The Bertz CT molecular complexity index is 213. The first kappa shape index (κ1) is 8.96. The van der Waals surface area contributed by atoms with Gasteiger partial charge in [-0.1, -0.05) is 11.6 Å². The van der Waals surface area contributed by atoms with Gasteiger partial charge in [0, 0.05) is 11.4 Å². The van der Waals surface area contributed by atoms with Crippen LogP contribution in [0.15, 0.2) is 12.1 Å². The molecule has 5 heteroatoms. The molecule has 0 radical (unpaired) electrons. The lowest BCUT2D eigenvalue weighted by molar-refractivity contribution is 0.605. The summed E-state index contributed by atoms with van der Waals surface area (Å²) in [6.07, 6.45) is 0. The van der Waals surface area contributed by atoms with Crippen molar-refractivity contribution in [2.45, 2.75) is 6.54 Å². The topological polar surface area (TPSA) is 50.1 Å². The van der Waals surface area contributed by atoms with E-state index in [1.807, 2.05) is 12.1 Å². The zero-order valence-electron chi connectivity index (χ0n) is 5.93. The molecule has 1 rings (SSSR count). The van der Waals surface area contributed by atoms with E-state index in [-0.39, 0.29) is 0 Å². The van der Waals surface area contributed by atoms with Gasteiger partial charge in [0.1, 0.15) is 0 Å². The average Bonchev–Trinajstić information content (AvgIpc) is 2.37. The zero-order chi connectivity index (χ0) is 8.10. The molecule has 0 amide bonds. The van der Waals surface area contributed by atoms with Gasteiger partial charge in [-0.15, -0.1) is 11.3 Å². The summed E-state index contributed by atoms with van der Waals surface area (Å²) in [5, 5.41) is 3.08. The van der Waals surface area contributed by atoms with Crippen molar-refractivity contribution in [1.29, 1.82) is 0 Å². The lowest BCUT2D eigenvalue weighted by Crippen LogP contribution is -2.33. The smallest absolute Gasteiger partial charge is 0.0931 e. The first-order chi connectivity index (χ1) is 5.33. The van der Waals surface area contributed by atoms with Gasteiger partial charge in [0.25, 0.3) is 0 Å². The number of hydrogen-bond donors (Lipinski definition) is 3. The van der Waals surface area contributed by atoms with Crippen LogP contribution in [0.2, 0.25) is 4.34 Å². The summed E-state index contributed by atoms with van der Waals surface area (Å²) in [4.78, 5) is 1.21. The molecule has 0 aliphatic rings. The molecule has 0 bridgehead atoms. The van der Waals surface area contributed by atoms with Crippen LogP contribution in [0.1, 0.15) is 4.88 Å². The molecule has 0 unspecified atom stereocenters. The fourth-order valence-electron chi connectivity index (χ4n) is 0.705. The first-order valence-electron chi connectivity index (χ1n) is 3.21. The second-order valence-corrected chi connectivity index (χ2v) is 3.81. The van der Waals surface area contributed by atoms with Gasteiger partial charge in [0.2, 0.25) is 0 Å². The molecule has 11 heavy (non-hydrogen) atoms. The van der Waals surface area contributed by atoms with Crippen LogP contribution in [-0.4, -0.2) is 6.67 Å². The molecule has 0 aromatic carbocycles. The maximum atomic E-state index is 5.72. The highest BCUT2D eigenvalue weighted by atomic mass is 35.5. The van der Waals surface area contributed by atoms with Crippen molar-refractivity contribution in [2.75, 3.05) is 6.67 Å². The summed E-state index contributed by atoms with van der Waals surface area (Å²) in [5.74, 6) is 5.06. The summed E-state index contributed by atoms with van der Waals surface area (Å²) in [6, 6.07) is 3.88. The lowest BCUT2D eigenvalue weighted by Gasteiger charge is -1.99. The number of hydrazine groups is 1. The Hall–Kier alpha value is -0.130. The van der Waals surface area contributed by atoms with Crippen LogP contribution in [0.3, 0.4) is 0 Å². The Labute approximate surface area is 74.5 Å². The number of thiophene rings is 1. The highest BCUT2D eigenvalue weighted by molar-refractivity contribution is 7.16. The highest BCUT2D eigenvalue weighted by Crippen LogP contribution is 2.20. The van der Waals surface area contributed by atoms with Crippen LogP contribution >= 0.6 is 22.9 Å². The van der Waals surface area contributed by atoms with E-state index in [2.05, 4.69) is 10.7 Å². The Morgan fingerprint density at radius 2 is 2.36 bits per heavy atom. The number of rotatable bonds is 4. The molecule has 0 saturated carbocycles. The largest absolute Gasteiger partial charge is 0.299 e. The third-order valence-electron chi connectivity index (χ3n) is 1.16. The van der Waals surface area contributed by atoms with Crippen LogP contribution in [-0.2, 0) is 6.54 Å². The molecule has 1 heterocycles. The third-order valence-corrected chi connectivity index (χ3v) is 2.39. The Kier molecular flexibility index (Phi) is 3.82. The van der Waals surface area contributed by atoms with Crippen molar-refractivity contribution in [3.05, 3.63) is 21.3 Å². The molecule has 0 aliphatic heterocycles. The maximum Gasteiger partial charge on any atom is 0.0931 e. The number of nitrogens with two attached hydrogens (primary N) is 1. The second kappa shape index (κ2) is 4.69. The predicted molar refractivity (Wildman–Crippen MR) is 48.4 cm³/mol. The van der Waals surface area contributed by atoms with E-state index in [9.17, 15) is 0 Å². The molecule has 62 valence electrons. The van der Waals surface area contributed by atoms with Crippen molar-refractivity contribution < 1.29 is 0 Å². The molecule has 1 aromatic heterocycles. The normalized spacial score (nSPS) is 10.4. The average molecular weight is 192 g/mol. The minimum Gasteiger partial charge on any atom is -0.299 e. The molecule has 0 spiro atoms. The summed E-state index contributed by atoms with van der Waals surface area (Å²) in [5.41, 5.74) is 2.51. The summed E-state index contributed by atoms with van der Waals surface area (Å²) in [6.45, 7) is 1.41. The van der Waals surface area contributed by atoms with E-state index in [0.717, 1.165) is 10.9 Å². The molecule has 3 nitrogen and oxygen atoms in total. The molecular weight excluding hydrogens is 182 g/mol. The van der Waals surface area contributed by atoms with Crippen LogP contribution in [0.25, 0.3) is 0 Å². The van der Waals surface area contributed by atoms with Crippen molar-refractivity contribution in [3.8, 4) is 0 Å². The van der Waals surface area contributed by atoms with E-state index in [1.165, 1.54) is 4.88 Å². The quantitative estimate of drug-likeness (QED) is 0.287. The molecule has 0 saturated heterocycles. The number of hydrogen-bond acceptors (Lipinski definition) is 4. The SMILES string of the molecule is NNCNCc1ccc(Cl)s1. The Morgan fingerprint density at radius 3 is 2.91 bits per heavy atom. The monoisotopic (exact) mass is 191 g/mol. The van der Waals surface area contributed by atoms with Gasteiger partial charge >= 0.3 is 0 Å². The van der Waals surface area contributed by atoms with Crippen LogP contribution in [0, 0.1) is 0 Å². The highest BCUT2D eigenvalue weighted by Gasteiger charge is 1.95. The van der Waals surface area contributed by atoms with Gasteiger partial charge in [-0.2, -0.15) is 0 Å².